The van der Waals surface area contributed by atoms with Gasteiger partial charge in [0.2, 0.25) is 0 Å². The second-order valence-electron chi connectivity index (χ2n) is 2.28. The van der Waals surface area contributed by atoms with Crippen LogP contribution in [-0.4, -0.2) is 88.8 Å². The molecule has 0 amide bonds. The van der Waals surface area contributed by atoms with Crippen molar-refractivity contribution < 1.29 is 25.9 Å². The van der Waals surface area contributed by atoms with Crippen molar-refractivity contribution in [3.8, 4) is 0 Å². The molecule has 0 saturated carbocycles. The van der Waals surface area contributed by atoms with E-state index in [9.17, 15) is 16.8 Å². The molecule has 6 nitrogen and oxygen atoms in total. The minimum absolute atomic E-state index is 0. The van der Waals surface area contributed by atoms with E-state index in [4.69, 9.17) is 9.11 Å². The topological polar surface area (TPSA) is 109 Å². The molecule has 76 valence electrons. The van der Waals surface area contributed by atoms with E-state index in [0.29, 0.717) is 0 Å². The van der Waals surface area contributed by atoms with Crippen LogP contribution in [0, 0.1) is 0 Å². The van der Waals surface area contributed by atoms with Gasteiger partial charge in [-0.3, -0.25) is 9.11 Å². The van der Waals surface area contributed by atoms with E-state index >= 15 is 0 Å². The second kappa shape index (κ2) is 6.85. The average molecular weight is 258 g/mol. The van der Waals surface area contributed by atoms with E-state index in [2.05, 4.69) is 0 Å². The van der Waals surface area contributed by atoms with Crippen LogP contribution in [-0.2, 0) is 20.2 Å². The molecule has 0 aliphatic rings. The Morgan fingerprint density at radius 2 is 1.00 bits per heavy atom. The molecule has 9 heteroatoms. The fraction of sp³-hybridized carbons (Fsp3) is 1.00. The first-order valence-electron chi connectivity index (χ1n) is 3.11. The van der Waals surface area contributed by atoms with Crippen molar-refractivity contribution in [1.82, 2.24) is 0 Å². The third kappa shape index (κ3) is 16.2. The van der Waals surface area contributed by atoms with Gasteiger partial charge in [-0.25, -0.2) is 0 Å². The van der Waals surface area contributed by atoms with Gasteiger partial charge in [0, 0.05) is 0 Å². The average Bonchev–Trinajstić information content (AvgIpc) is 1.76. The van der Waals surface area contributed by atoms with E-state index in [1.807, 2.05) is 0 Å². The summed E-state index contributed by atoms with van der Waals surface area (Å²) in [7, 11) is -8.04. The first kappa shape index (κ1) is 16.9. The van der Waals surface area contributed by atoms with Gasteiger partial charge in [-0.2, -0.15) is 16.8 Å². The van der Waals surface area contributed by atoms with Crippen molar-refractivity contribution >= 4 is 71.6 Å². The van der Waals surface area contributed by atoms with Gasteiger partial charge in [0.05, 0.1) is 11.5 Å². The quantitative estimate of drug-likeness (QED) is 0.368. The molecule has 13 heavy (non-hydrogen) atoms. The zero-order valence-electron chi connectivity index (χ0n) is 6.17. The van der Waals surface area contributed by atoms with E-state index in [0.717, 1.165) is 0 Å². The van der Waals surface area contributed by atoms with Crippen LogP contribution in [0.2, 0.25) is 0 Å². The molecule has 0 aromatic heterocycles. The molecule has 0 heterocycles. The van der Waals surface area contributed by atoms with Crippen LogP contribution in [0.1, 0.15) is 12.8 Å². The fourth-order valence-electron chi connectivity index (χ4n) is 0.569. The molecule has 0 aromatic carbocycles. The summed E-state index contributed by atoms with van der Waals surface area (Å²) >= 11 is 0. The van der Waals surface area contributed by atoms with Gasteiger partial charge in [0.1, 0.15) is 0 Å². The Morgan fingerprint density at radius 1 is 0.769 bits per heavy atom. The zero-order valence-corrected chi connectivity index (χ0v) is 7.81. The molecule has 0 aliphatic carbocycles. The standard InChI is InChI=1S/C4H10O6S2.K.H/c5-11(6,7)3-1-2-4-12(8,9)10;;/h1-4H2,(H,5,6,7)(H,8,9,10);;. The first-order chi connectivity index (χ1) is 5.21. The summed E-state index contributed by atoms with van der Waals surface area (Å²) in [4.78, 5) is 0. The number of rotatable bonds is 5. The number of hydrogen-bond donors (Lipinski definition) is 2. The molecule has 0 rings (SSSR count). The molecule has 0 atom stereocenters. The Labute approximate surface area is 120 Å². The third-order valence-corrected chi connectivity index (χ3v) is 2.66. The molecule has 0 unspecified atom stereocenters. The van der Waals surface area contributed by atoms with Crippen molar-refractivity contribution in [2.75, 3.05) is 11.5 Å². The summed E-state index contributed by atoms with van der Waals surface area (Å²) in [6.45, 7) is 0. The van der Waals surface area contributed by atoms with Gasteiger partial charge in [0.25, 0.3) is 20.2 Å². The summed E-state index contributed by atoms with van der Waals surface area (Å²) in [5, 5.41) is 0. The molecule has 0 radical (unpaired) electrons. The van der Waals surface area contributed by atoms with Crippen molar-refractivity contribution in [2.24, 2.45) is 0 Å². The van der Waals surface area contributed by atoms with Crippen molar-refractivity contribution in [1.29, 1.82) is 0 Å². The summed E-state index contributed by atoms with van der Waals surface area (Å²) < 4.78 is 56.8. The fourth-order valence-corrected chi connectivity index (χ4v) is 1.71. The molecule has 0 fully saturated rings. The molecule has 0 aromatic rings. The number of hydrogen-bond acceptors (Lipinski definition) is 4. The summed E-state index contributed by atoms with van der Waals surface area (Å²) in [6.07, 6.45) is 0.0250. The maximum absolute atomic E-state index is 10.1. The van der Waals surface area contributed by atoms with Crippen LogP contribution in [0.5, 0.6) is 0 Å². The van der Waals surface area contributed by atoms with Crippen LogP contribution < -0.4 is 0 Å². The van der Waals surface area contributed by atoms with Gasteiger partial charge in [-0.1, -0.05) is 0 Å². The third-order valence-electron chi connectivity index (χ3n) is 1.05. The van der Waals surface area contributed by atoms with E-state index in [1.54, 1.807) is 0 Å². The summed E-state index contributed by atoms with van der Waals surface area (Å²) in [6, 6.07) is 0. The molecule has 0 saturated heterocycles. The van der Waals surface area contributed by atoms with Crippen LogP contribution in [0.3, 0.4) is 0 Å². The molecule has 0 spiro atoms. The van der Waals surface area contributed by atoms with E-state index in [-0.39, 0.29) is 64.2 Å². The molecule has 0 aliphatic heterocycles. The molecular formula is C4H11KO6S2. The monoisotopic (exact) mass is 258 g/mol. The van der Waals surface area contributed by atoms with E-state index in [1.165, 1.54) is 0 Å². The van der Waals surface area contributed by atoms with Crippen molar-refractivity contribution in [3.05, 3.63) is 0 Å². The Hall–Kier alpha value is 1.46. The van der Waals surface area contributed by atoms with Gasteiger partial charge < -0.3 is 0 Å². The van der Waals surface area contributed by atoms with Gasteiger partial charge in [-0.05, 0) is 12.8 Å². The van der Waals surface area contributed by atoms with Crippen molar-refractivity contribution in [2.45, 2.75) is 12.8 Å². The normalized spacial score (nSPS) is 12.2. The Morgan fingerprint density at radius 3 is 1.15 bits per heavy atom. The minimum atomic E-state index is -4.02. The van der Waals surface area contributed by atoms with E-state index < -0.39 is 31.7 Å². The van der Waals surface area contributed by atoms with Gasteiger partial charge in [-0.15, -0.1) is 0 Å². The summed E-state index contributed by atoms with van der Waals surface area (Å²) in [5.41, 5.74) is 0. The Balaban J connectivity index is 0. The second-order valence-corrected chi connectivity index (χ2v) is 5.42. The van der Waals surface area contributed by atoms with Crippen molar-refractivity contribution in [3.63, 3.8) is 0 Å². The molecule has 0 bridgehead atoms. The van der Waals surface area contributed by atoms with Gasteiger partial charge in [0.15, 0.2) is 0 Å². The Kier molecular flexibility index (Phi) is 8.89. The first-order valence-corrected chi connectivity index (χ1v) is 6.33. The molecular weight excluding hydrogens is 247 g/mol. The Bertz CT molecular complexity index is 283. The predicted molar refractivity (Wildman–Crippen MR) is 49.2 cm³/mol. The van der Waals surface area contributed by atoms with Crippen LogP contribution in [0.4, 0.5) is 0 Å². The molecule has 2 N–H and O–H groups in total. The predicted octanol–water partition coefficient (Wildman–Crippen LogP) is -1.11. The van der Waals surface area contributed by atoms with Crippen LogP contribution in [0.15, 0.2) is 0 Å². The van der Waals surface area contributed by atoms with Gasteiger partial charge >= 0.3 is 51.4 Å². The summed E-state index contributed by atoms with van der Waals surface area (Å²) in [5.74, 6) is -0.967. The maximum atomic E-state index is 10.1. The SMILES string of the molecule is O=S(=O)(O)CCCCS(=O)(=O)O.[KH]. The zero-order chi connectivity index (χ0) is 9.83. The van der Waals surface area contributed by atoms with Crippen LogP contribution in [0.25, 0.3) is 0 Å². The van der Waals surface area contributed by atoms with Crippen LogP contribution >= 0.6 is 0 Å². The number of unbranched alkanes of at least 4 members (excludes halogenated alkanes) is 1.